The molecule has 0 bridgehead atoms. The molecule has 0 heterocycles. The summed E-state index contributed by atoms with van der Waals surface area (Å²) in [6.45, 7) is 8.90. The van der Waals surface area contributed by atoms with Crippen LogP contribution in [0.25, 0.3) is 0 Å². The van der Waals surface area contributed by atoms with Crippen LogP contribution in [0.2, 0.25) is 0 Å². The molecule has 0 aromatic heterocycles. The standard InChI is InChI=1S/C14H23N3O.2ClH/c1-4-17(5-2)10-12-7-6-8-13(9-12)16-14(18)11(3)15;;/h6-9,11H,4-5,10,15H2,1-3H3,(H,16,18);2*1H/t11-;;/m1../s1. The Morgan fingerprint density at radius 2 is 1.90 bits per heavy atom. The van der Waals surface area contributed by atoms with Gasteiger partial charge in [-0.05, 0) is 37.7 Å². The fourth-order valence-corrected chi connectivity index (χ4v) is 1.71. The summed E-state index contributed by atoms with van der Waals surface area (Å²) in [4.78, 5) is 13.8. The maximum atomic E-state index is 11.5. The minimum Gasteiger partial charge on any atom is -0.325 e. The molecular weight excluding hydrogens is 297 g/mol. The van der Waals surface area contributed by atoms with Crippen LogP contribution in [0.5, 0.6) is 0 Å². The van der Waals surface area contributed by atoms with Crippen molar-refractivity contribution >= 4 is 36.4 Å². The van der Waals surface area contributed by atoms with Crippen LogP contribution < -0.4 is 11.1 Å². The minimum atomic E-state index is -0.489. The van der Waals surface area contributed by atoms with Gasteiger partial charge in [-0.15, -0.1) is 24.8 Å². The Morgan fingerprint density at radius 3 is 2.40 bits per heavy atom. The first-order valence-corrected chi connectivity index (χ1v) is 6.44. The van der Waals surface area contributed by atoms with Gasteiger partial charge in [0.2, 0.25) is 5.91 Å². The van der Waals surface area contributed by atoms with Crippen LogP contribution in [0.15, 0.2) is 24.3 Å². The fourth-order valence-electron chi connectivity index (χ4n) is 1.71. The molecule has 0 aliphatic carbocycles. The third-order valence-electron chi connectivity index (χ3n) is 2.91. The smallest absolute Gasteiger partial charge is 0.240 e. The van der Waals surface area contributed by atoms with Gasteiger partial charge in [0.15, 0.2) is 0 Å². The first-order valence-electron chi connectivity index (χ1n) is 6.44. The van der Waals surface area contributed by atoms with Gasteiger partial charge in [0.1, 0.15) is 0 Å². The van der Waals surface area contributed by atoms with Crippen molar-refractivity contribution in [1.82, 2.24) is 4.90 Å². The first kappa shape index (κ1) is 21.5. The monoisotopic (exact) mass is 321 g/mol. The average molecular weight is 322 g/mol. The number of nitrogens with two attached hydrogens (primary N) is 1. The molecule has 0 radical (unpaired) electrons. The van der Waals surface area contributed by atoms with Crippen molar-refractivity contribution in [2.45, 2.75) is 33.4 Å². The molecular formula is C14H25Cl2N3O. The SMILES string of the molecule is CCN(CC)Cc1cccc(NC(=O)[C@@H](C)N)c1.Cl.Cl. The summed E-state index contributed by atoms with van der Waals surface area (Å²) >= 11 is 0. The molecule has 4 nitrogen and oxygen atoms in total. The van der Waals surface area contributed by atoms with Crippen LogP contribution in [-0.2, 0) is 11.3 Å². The highest BCUT2D eigenvalue weighted by Crippen LogP contribution is 2.12. The number of hydrogen-bond acceptors (Lipinski definition) is 3. The number of halogens is 2. The third kappa shape index (κ3) is 7.10. The normalized spacial score (nSPS) is 11.2. The van der Waals surface area contributed by atoms with E-state index < -0.39 is 6.04 Å². The minimum absolute atomic E-state index is 0. The Bertz CT molecular complexity index is 396. The molecule has 0 aliphatic heterocycles. The topological polar surface area (TPSA) is 58.4 Å². The van der Waals surface area contributed by atoms with Crippen LogP contribution >= 0.6 is 24.8 Å². The van der Waals surface area contributed by atoms with Gasteiger partial charge in [0.05, 0.1) is 6.04 Å². The van der Waals surface area contributed by atoms with Gasteiger partial charge >= 0.3 is 0 Å². The van der Waals surface area contributed by atoms with E-state index in [4.69, 9.17) is 5.73 Å². The highest BCUT2D eigenvalue weighted by atomic mass is 35.5. The van der Waals surface area contributed by atoms with Gasteiger partial charge < -0.3 is 11.1 Å². The molecule has 3 N–H and O–H groups in total. The number of carbonyl (C=O) groups excluding carboxylic acids is 1. The van der Waals surface area contributed by atoms with Gasteiger partial charge in [-0.1, -0.05) is 26.0 Å². The Kier molecular flexibility index (Phi) is 11.7. The molecule has 0 aliphatic rings. The van der Waals surface area contributed by atoms with E-state index in [0.717, 1.165) is 25.3 Å². The second kappa shape index (κ2) is 10.9. The number of hydrogen-bond donors (Lipinski definition) is 2. The molecule has 0 saturated carbocycles. The molecule has 0 fully saturated rings. The largest absolute Gasteiger partial charge is 0.325 e. The maximum Gasteiger partial charge on any atom is 0.240 e. The number of rotatable bonds is 6. The number of nitrogens with one attached hydrogen (secondary N) is 1. The third-order valence-corrected chi connectivity index (χ3v) is 2.91. The van der Waals surface area contributed by atoms with E-state index in [0.29, 0.717) is 0 Å². The second-order valence-corrected chi connectivity index (χ2v) is 4.44. The molecule has 1 aromatic rings. The predicted octanol–water partition coefficient (Wildman–Crippen LogP) is 2.66. The summed E-state index contributed by atoms with van der Waals surface area (Å²) in [5.41, 5.74) is 7.53. The van der Waals surface area contributed by atoms with Crippen LogP contribution in [0.3, 0.4) is 0 Å². The zero-order chi connectivity index (χ0) is 13.5. The lowest BCUT2D eigenvalue weighted by Gasteiger charge is -2.18. The molecule has 116 valence electrons. The fraction of sp³-hybridized carbons (Fsp3) is 0.500. The van der Waals surface area contributed by atoms with Gasteiger partial charge in [0.25, 0.3) is 0 Å². The zero-order valence-electron chi connectivity index (χ0n) is 12.3. The quantitative estimate of drug-likeness (QED) is 0.846. The molecule has 20 heavy (non-hydrogen) atoms. The lowest BCUT2D eigenvalue weighted by molar-refractivity contribution is -0.117. The van der Waals surface area contributed by atoms with Crippen LogP contribution in [0.4, 0.5) is 5.69 Å². The molecule has 6 heteroatoms. The number of anilines is 1. The highest BCUT2D eigenvalue weighted by Gasteiger charge is 2.08. The number of amides is 1. The summed E-state index contributed by atoms with van der Waals surface area (Å²) in [6.07, 6.45) is 0. The van der Waals surface area contributed by atoms with E-state index in [-0.39, 0.29) is 30.7 Å². The van der Waals surface area contributed by atoms with Gasteiger partial charge in [-0.25, -0.2) is 0 Å². The van der Waals surface area contributed by atoms with Crippen molar-refractivity contribution in [3.63, 3.8) is 0 Å². The molecule has 1 atom stereocenters. The molecule has 0 spiro atoms. The van der Waals surface area contributed by atoms with Crippen molar-refractivity contribution in [1.29, 1.82) is 0 Å². The lowest BCUT2D eigenvalue weighted by Crippen LogP contribution is -2.32. The van der Waals surface area contributed by atoms with Crippen LogP contribution in [0, 0.1) is 0 Å². The summed E-state index contributed by atoms with van der Waals surface area (Å²) in [5, 5.41) is 2.81. The molecule has 0 saturated heterocycles. The van der Waals surface area contributed by atoms with E-state index in [1.165, 1.54) is 5.56 Å². The Hall–Kier alpha value is -0.810. The van der Waals surface area contributed by atoms with Crippen molar-refractivity contribution in [3.05, 3.63) is 29.8 Å². The first-order chi connectivity index (χ1) is 8.56. The molecule has 1 amide bonds. The lowest BCUT2D eigenvalue weighted by atomic mass is 10.2. The summed E-state index contributed by atoms with van der Waals surface area (Å²) in [7, 11) is 0. The molecule has 0 unspecified atom stereocenters. The van der Waals surface area contributed by atoms with E-state index in [2.05, 4.69) is 30.1 Å². The van der Waals surface area contributed by atoms with Gasteiger partial charge in [-0.3, -0.25) is 9.69 Å². The van der Waals surface area contributed by atoms with Crippen molar-refractivity contribution in [2.75, 3.05) is 18.4 Å². The number of benzene rings is 1. The summed E-state index contributed by atoms with van der Waals surface area (Å²) < 4.78 is 0. The van der Waals surface area contributed by atoms with Crippen LogP contribution in [0.1, 0.15) is 26.3 Å². The zero-order valence-corrected chi connectivity index (χ0v) is 13.9. The van der Waals surface area contributed by atoms with Crippen LogP contribution in [-0.4, -0.2) is 29.9 Å². The number of nitrogens with zero attached hydrogens (tertiary/aromatic N) is 1. The maximum absolute atomic E-state index is 11.5. The van der Waals surface area contributed by atoms with E-state index in [1.54, 1.807) is 6.92 Å². The Labute approximate surface area is 133 Å². The Morgan fingerprint density at radius 1 is 1.30 bits per heavy atom. The van der Waals surface area contributed by atoms with Gasteiger partial charge in [-0.2, -0.15) is 0 Å². The summed E-state index contributed by atoms with van der Waals surface area (Å²) in [5.74, 6) is -0.157. The van der Waals surface area contributed by atoms with Crippen molar-refractivity contribution in [3.8, 4) is 0 Å². The average Bonchev–Trinajstić information content (AvgIpc) is 2.36. The summed E-state index contributed by atoms with van der Waals surface area (Å²) in [6, 6.07) is 7.41. The van der Waals surface area contributed by atoms with Gasteiger partial charge in [0, 0.05) is 12.2 Å². The highest BCUT2D eigenvalue weighted by molar-refractivity contribution is 5.94. The predicted molar refractivity (Wildman–Crippen MR) is 89.8 cm³/mol. The van der Waals surface area contributed by atoms with E-state index in [1.807, 2.05) is 18.2 Å². The molecule has 1 rings (SSSR count). The second-order valence-electron chi connectivity index (χ2n) is 4.44. The van der Waals surface area contributed by atoms with E-state index in [9.17, 15) is 4.79 Å². The van der Waals surface area contributed by atoms with Crippen molar-refractivity contribution in [2.24, 2.45) is 5.73 Å². The Balaban J connectivity index is 0. The number of carbonyl (C=O) groups is 1. The van der Waals surface area contributed by atoms with E-state index >= 15 is 0 Å². The molecule has 1 aromatic carbocycles. The van der Waals surface area contributed by atoms with Crippen molar-refractivity contribution < 1.29 is 4.79 Å².